The summed E-state index contributed by atoms with van der Waals surface area (Å²) in [6.45, 7) is 3.92. The number of carbonyl (C=O) groups is 1. The number of rotatable bonds is 3. The first kappa shape index (κ1) is 17.7. The largest absolute Gasteiger partial charge is 0.423 e. The molecule has 1 aromatic heterocycles. The number of amides is 1. The van der Waals surface area contributed by atoms with Crippen LogP contribution in [0.25, 0.3) is 22.1 Å². The Morgan fingerprint density at radius 3 is 2.25 bits per heavy atom. The summed E-state index contributed by atoms with van der Waals surface area (Å²) in [6, 6.07) is 22.2. The number of carbonyl (C=O) groups excluding carboxylic acids is 1. The average Bonchev–Trinajstić information content (AvgIpc) is 2.67. The molecule has 1 heterocycles. The van der Waals surface area contributed by atoms with E-state index in [2.05, 4.69) is 5.32 Å². The van der Waals surface area contributed by atoms with Crippen LogP contribution in [0.5, 0.6) is 0 Å². The highest BCUT2D eigenvalue weighted by atomic mass is 16.4. The minimum Gasteiger partial charge on any atom is -0.423 e. The average molecular weight is 369 g/mol. The molecule has 0 aliphatic heterocycles. The van der Waals surface area contributed by atoms with Crippen LogP contribution in [-0.2, 0) is 0 Å². The molecule has 0 aliphatic carbocycles. The second-order valence-corrected chi connectivity index (χ2v) is 6.89. The van der Waals surface area contributed by atoms with Crippen LogP contribution in [0.4, 0.5) is 5.69 Å². The first-order valence-electron chi connectivity index (χ1n) is 9.02. The Hall–Kier alpha value is -3.66. The fourth-order valence-corrected chi connectivity index (χ4v) is 3.38. The van der Waals surface area contributed by atoms with Crippen molar-refractivity contribution < 1.29 is 9.21 Å². The van der Waals surface area contributed by atoms with E-state index in [1.54, 1.807) is 6.07 Å². The van der Waals surface area contributed by atoms with E-state index in [1.807, 2.05) is 74.5 Å². The van der Waals surface area contributed by atoms with E-state index in [0.29, 0.717) is 22.2 Å². The van der Waals surface area contributed by atoms with Crippen molar-refractivity contribution in [2.45, 2.75) is 13.8 Å². The molecule has 28 heavy (non-hydrogen) atoms. The molecule has 4 nitrogen and oxygen atoms in total. The van der Waals surface area contributed by atoms with Crippen molar-refractivity contribution in [1.29, 1.82) is 0 Å². The van der Waals surface area contributed by atoms with Crippen LogP contribution in [0.3, 0.4) is 0 Å². The van der Waals surface area contributed by atoms with Gasteiger partial charge in [-0.25, -0.2) is 4.79 Å². The normalized spacial score (nSPS) is 10.8. The highest BCUT2D eigenvalue weighted by molar-refractivity contribution is 6.09. The maximum atomic E-state index is 12.9. The summed E-state index contributed by atoms with van der Waals surface area (Å²) in [4.78, 5) is 24.6. The summed E-state index contributed by atoms with van der Waals surface area (Å²) in [5, 5.41) is 3.66. The van der Waals surface area contributed by atoms with Gasteiger partial charge >= 0.3 is 5.63 Å². The van der Waals surface area contributed by atoms with Gasteiger partial charge in [-0.3, -0.25) is 4.79 Å². The van der Waals surface area contributed by atoms with E-state index in [1.165, 1.54) is 6.07 Å². The molecule has 0 fully saturated rings. The third kappa shape index (κ3) is 3.58. The van der Waals surface area contributed by atoms with Crippen LogP contribution in [0, 0.1) is 13.8 Å². The van der Waals surface area contributed by atoms with Crippen LogP contribution in [-0.4, -0.2) is 5.91 Å². The number of hydrogen-bond donors (Lipinski definition) is 1. The van der Waals surface area contributed by atoms with Gasteiger partial charge in [0.05, 0.1) is 5.69 Å². The molecule has 4 heteroatoms. The molecule has 4 rings (SSSR count). The second-order valence-electron chi connectivity index (χ2n) is 6.89. The molecule has 0 unspecified atom stereocenters. The Balaban J connectivity index is 1.83. The quantitative estimate of drug-likeness (QED) is 0.497. The van der Waals surface area contributed by atoms with E-state index in [9.17, 15) is 9.59 Å². The zero-order valence-electron chi connectivity index (χ0n) is 15.7. The standard InChI is InChI=1S/C24H19NO3/c1-15-10-16(2)12-19(11-15)24(27)25-21-13-18(17-6-4-3-5-7-17)14-22-20(21)8-9-23(26)28-22/h3-14H,1-2H3,(H,25,27). The first-order chi connectivity index (χ1) is 13.5. The molecular weight excluding hydrogens is 350 g/mol. The SMILES string of the molecule is Cc1cc(C)cc(C(=O)Nc2cc(-c3ccccc3)cc3oc(=O)ccc23)c1. The number of fused-ring (bicyclic) bond motifs is 1. The van der Waals surface area contributed by atoms with Crippen molar-refractivity contribution in [3.63, 3.8) is 0 Å². The smallest absolute Gasteiger partial charge is 0.336 e. The molecular formula is C24H19NO3. The number of hydrogen-bond acceptors (Lipinski definition) is 3. The highest BCUT2D eigenvalue weighted by Gasteiger charge is 2.13. The van der Waals surface area contributed by atoms with Crippen LogP contribution in [0.1, 0.15) is 21.5 Å². The lowest BCUT2D eigenvalue weighted by Gasteiger charge is -2.12. The number of aryl methyl sites for hydroxylation is 2. The second kappa shape index (κ2) is 7.16. The molecule has 138 valence electrons. The minimum absolute atomic E-state index is 0.204. The van der Waals surface area contributed by atoms with Crippen molar-refractivity contribution in [1.82, 2.24) is 0 Å². The molecule has 1 amide bonds. The van der Waals surface area contributed by atoms with Gasteiger partial charge in [-0.05, 0) is 55.3 Å². The Labute approximate surface area is 162 Å². The van der Waals surface area contributed by atoms with E-state index in [-0.39, 0.29) is 5.91 Å². The van der Waals surface area contributed by atoms with Gasteiger partial charge in [0, 0.05) is 17.0 Å². The first-order valence-corrected chi connectivity index (χ1v) is 9.02. The molecule has 4 aromatic rings. The maximum Gasteiger partial charge on any atom is 0.336 e. The Kier molecular flexibility index (Phi) is 4.53. The monoisotopic (exact) mass is 369 g/mol. The Morgan fingerprint density at radius 1 is 0.821 bits per heavy atom. The predicted molar refractivity (Wildman–Crippen MR) is 112 cm³/mol. The van der Waals surface area contributed by atoms with Gasteiger partial charge in [0.15, 0.2) is 0 Å². The molecule has 0 spiro atoms. The molecule has 0 saturated heterocycles. The predicted octanol–water partition coefficient (Wildman–Crippen LogP) is 5.33. The van der Waals surface area contributed by atoms with Gasteiger partial charge in [-0.2, -0.15) is 0 Å². The van der Waals surface area contributed by atoms with Crippen LogP contribution in [0.2, 0.25) is 0 Å². The van der Waals surface area contributed by atoms with Crippen LogP contribution in [0.15, 0.2) is 82.0 Å². The summed E-state index contributed by atoms with van der Waals surface area (Å²) in [5.74, 6) is -0.204. The Bertz CT molecular complexity index is 1220. The summed E-state index contributed by atoms with van der Waals surface area (Å²) >= 11 is 0. The van der Waals surface area contributed by atoms with E-state index >= 15 is 0 Å². The van der Waals surface area contributed by atoms with Gasteiger partial charge in [0.25, 0.3) is 5.91 Å². The van der Waals surface area contributed by atoms with Crippen molar-refractivity contribution >= 4 is 22.6 Å². The lowest BCUT2D eigenvalue weighted by molar-refractivity contribution is 0.102. The van der Waals surface area contributed by atoms with Crippen molar-refractivity contribution in [2.24, 2.45) is 0 Å². The highest BCUT2D eigenvalue weighted by Crippen LogP contribution is 2.30. The third-order valence-corrected chi connectivity index (χ3v) is 4.58. The van der Waals surface area contributed by atoms with Gasteiger partial charge in [0.2, 0.25) is 0 Å². The molecule has 0 atom stereocenters. The number of anilines is 1. The number of nitrogens with one attached hydrogen (secondary N) is 1. The lowest BCUT2D eigenvalue weighted by Crippen LogP contribution is -2.13. The summed E-state index contributed by atoms with van der Waals surface area (Å²) in [5.41, 5.74) is 5.08. The fraction of sp³-hybridized carbons (Fsp3) is 0.0833. The minimum atomic E-state index is -0.427. The summed E-state index contributed by atoms with van der Waals surface area (Å²) < 4.78 is 5.38. The Morgan fingerprint density at radius 2 is 1.54 bits per heavy atom. The van der Waals surface area contributed by atoms with Gasteiger partial charge in [0.1, 0.15) is 5.58 Å². The van der Waals surface area contributed by atoms with Crippen molar-refractivity contribution in [2.75, 3.05) is 5.32 Å². The molecule has 0 radical (unpaired) electrons. The molecule has 0 bridgehead atoms. The summed E-state index contributed by atoms with van der Waals surface area (Å²) in [7, 11) is 0. The zero-order chi connectivity index (χ0) is 19.7. The van der Waals surface area contributed by atoms with E-state index in [4.69, 9.17) is 4.42 Å². The van der Waals surface area contributed by atoms with Gasteiger partial charge in [-0.1, -0.05) is 47.5 Å². The van der Waals surface area contributed by atoms with Gasteiger partial charge < -0.3 is 9.73 Å². The molecule has 0 aliphatic rings. The van der Waals surface area contributed by atoms with Gasteiger partial charge in [-0.15, -0.1) is 0 Å². The van der Waals surface area contributed by atoms with E-state index < -0.39 is 5.63 Å². The zero-order valence-corrected chi connectivity index (χ0v) is 15.7. The van der Waals surface area contributed by atoms with Crippen LogP contribution < -0.4 is 10.9 Å². The van der Waals surface area contributed by atoms with Crippen molar-refractivity contribution in [3.05, 3.63) is 99.9 Å². The lowest BCUT2D eigenvalue weighted by atomic mass is 10.0. The van der Waals surface area contributed by atoms with Crippen LogP contribution >= 0.6 is 0 Å². The summed E-state index contributed by atoms with van der Waals surface area (Å²) in [6.07, 6.45) is 0. The molecule has 1 N–H and O–H groups in total. The number of benzene rings is 3. The third-order valence-electron chi connectivity index (χ3n) is 4.58. The van der Waals surface area contributed by atoms with Crippen molar-refractivity contribution in [3.8, 4) is 11.1 Å². The molecule has 3 aromatic carbocycles. The topological polar surface area (TPSA) is 59.3 Å². The maximum absolute atomic E-state index is 12.9. The molecule has 0 saturated carbocycles. The van der Waals surface area contributed by atoms with E-state index in [0.717, 1.165) is 22.3 Å². The fourth-order valence-electron chi connectivity index (χ4n) is 3.38.